The minimum atomic E-state index is -1.19. The average Bonchev–Trinajstić information content (AvgIpc) is 2.46. The first-order chi connectivity index (χ1) is 9.58. The third-order valence-electron chi connectivity index (χ3n) is 3.50. The van der Waals surface area contributed by atoms with Crippen LogP contribution in [0.15, 0.2) is 12.4 Å². The largest absolute Gasteiger partial charge is 0.476 e. The number of hydrogen-bond acceptors (Lipinski definition) is 5. The third kappa shape index (κ3) is 3.51. The molecule has 1 amide bonds. The van der Waals surface area contributed by atoms with E-state index in [4.69, 9.17) is 5.11 Å². The average molecular weight is 279 g/mol. The molecule has 1 fully saturated rings. The molecule has 2 rings (SSSR count). The first-order valence-corrected chi connectivity index (χ1v) is 6.59. The van der Waals surface area contributed by atoms with Crippen LogP contribution in [0.2, 0.25) is 0 Å². The van der Waals surface area contributed by atoms with E-state index in [-0.39, 0.29) is 23.4 Å². The van der Waals surface area contributed by atoms with Gasteiger partial charge in [-0.15, -0.1) is 0 Å². The van der Waals surface area contributed by atoms with Crippen LogP contribution >= 0.6 is 0 Å². The Morgan fingerprint density at radius 1 is 1.20 bits per heavy atom. The van der Waals surface area contributed by atoms with Gasteiger partial charge in [-0.05, 0) is 12.8 Å². The third-order valence-corrected chi connectivity index (χ3v) is 3.50. The highest BCUT2D eigenvalue weighted by molar-refractivity contribution is 5.92. The Morgan fingerprint density at radius 3 is 2.45 bits per heavy atom. The predicted octanol–water partition coefficient (Wildman–Crippen LogP) is 0.456. The van der Waals surface area contributed by atoms with E-state index in [0.29, 0.717) is 6.54 Å². The molecular formula is C13H17N3O4. The number of amides is 1. The number of carbonyl (C=O) groups is 2. The Kier molecular flexibility index (Phi) is 4.62. The van der Waals surface area contributed by atoms with Crippen molar-refractivity contribution in [2.75, 3.05) is 6.54 Å². The lowest BCUT2D eigenvalue weighted by Crippen LogP contribution is -2.37. The van der Waals surface area contributed by atoms with Crippen molar-refractivity contribution < 1.29 is 19.8 Å². The number of nitrogens with one attached hydrogen (secondary N) is 1. The fourth-order valence-corrected chi connectivity index (χ4v) is 2.30. The highest BCUT2D eigenvalue weighted by Gasteiger charge is 2.23. The molecule has 2 atom stereocenters. The molecule has 0 spiro atoms. The second-order valence-electron chi connectivity index (χ2n) is 4.91. The van der Waals surface area contributed by atoms with Crippen molar-refractivity contribution in [2.24, 2.45) is 5.92 Å². The van der Waals surface area contributed by atoms with Crippen molar-refractivity contribution in [3.8, 4) is 0 Å². The Morgan fingerprint density at radius 2 is 1.85 bits per heavy atom. The van der Waals surface area contributed by atoms with Gasteiger partial charge in [0.15, 0.2) is 5.69 Å². The zero-order chi connectivity index (χ0) is 14.5. The number of carboxylic acid groups (broad SMARTS) is 1. The highest BCUT2D eigenvalue weighted by atomic mass is 16.4. The number of aromatic carboxylic acids is 1. The van der Waals surface area contributed by atoms with E-state index < -0.39 is 11.9 Å². The lowest BCUT2D eigenvalue weighted by molar-refractivity contribution is 0.0657. The monoisotopic (exact) mass is 279 g/mol. The van der Waals surface area contributed by atoms with Crippen molar-refractivity contribution >= 4 is 11.9 Å². The number of carboxylic acids is 1. The first-order valence-electron chi connectivity index (χ1n) is 6.59. The molecule has 1 heterocycles. The molecule has 1 saturated carbocycles. The van der Waals surface area contributed by atoms with Crippen LogP contribution in [0.1, 0.15) is 46.7 Å². The topological polar surface area (TPSA) is 112 Å². The van der Waals surface area contributed by atoms with Gasteiger partial charge >= 0.3 is 5.97 Å². The Labute approximate surface area is 116 Å². The molecule has 1 aromatic heterocycles. The Balaban J connectivity index is 1.89. The van der Waals surface area contributed by atoms with Gasteiger partial charge in [-0.3, -0.25) is 4.79 Å². The van der Waals surface area contributed by atoms with Crippen LogP contribution in [0, 0.1) is 5.92 Å². The second kappa shape index (κ2) is 6.42. The van der Waals surface area contributed by atoms with Crippen molar-refractivity contribution in [2.45, 2.75) is 31.8 Å². The van der Waals surface area contributed by atoms with Crippen LogP contribution < -0.4 is 5.32 Å². The molecule has 0 radical (unpaired) electrons. The SMILES string of the molecule is O=C(O)c1cnc(C(=O)NCC2CCCCC2O)cn1. The maximum absolute atomic E-state index is 11.8. The zero-order valence-corrected chi connectivity index (χ0v) is 11.0. The van der Waals surface area contributed by atoms with E-state index in [2.05, 4.69) is 15.3 Å². The standard InChI is InChI=1S/C13H17N3O4/c17-11-4-2-1-3-8(11)5-16-12(18)9-6-15-10(7-14-9)13(19)20/h6-8,11,17H,1-5H2,(H,16,18)(H,19,20). The lowest BCUT2D eigenvalue weighted by Gasteiger charge is -2.27. The van der Waals surface area contributed by atoms with Gasteiger partial charge in [0.1, 0.15) is 5.69 Å². The molecular weight excluding hydrogens is 262 g/mol. The summed E-state index contributed by atoms with van der Waals surface area (Å²) in [4.78, 5) is 29.9. The molecule has 20 heavy (non-hydrogen) atoms. The summed E-state index contributed by atoms with van der Waals surface area (Å²) in [6.07, 6.45) is 5.56. The van der Waals surface area contributed by atoms with E-state index in [1.807, 2.05) is 0 Å². The van der Waals surface area contributed by atoms with Crippen LogP contribution in [0.5, 0.6) is 0 Å². The van der Waals surface area contributed by atoms with Crippen LogP contribution in [-0.2, 0) is 0 Å². The van der Waals surface area contributed by atoms with Crippen molar-refractivity contribution in [1.29, 1.82) is 0 Å². The number of rotatable bonds is 4. The molecule has 7 nitrogen and oxygen atoms in total. The van der Waals surface area contributed by atoms with Gasteiger partial charge in [0, 0.05) is 12.5 Å². The molecule has 3 N–H and O–H groups in total. The maximum Gasteiger partial charge on any atom is 0.356 e. The smallest absolute Gasteiger partial charge is 0.356 e. The van der Waals surface area contributed by atoms with Crippen LogP contribution in [0.25, 0.3) is 0 Å². The first kappa shape index (κ1) is 14.4. The summed E-state index contributed by atoms with van der Waals surface area (Å²) in [6.45, 7) is 0.391. The van der Waals surface area contributed by atoms with Gasteiger partial charge in [0.25, 0.3) is 5.91 Å². The van der Waals surface area contributed by atoms with Crippen LogP contribution in [0.4, 0.5) is 0 Å². The minimum Gasteiger partial charge on any atom is -0.476 e. The molecule has 0 aromatic carbocycles. The predicted molar refractivity (Wildman–Crippen MR) is 69.3 cm³/mol. The number of aliphatic hydroxyl groups is 1. The van der Waals surface area contributed by atoms with Gasteiger partial charge in [0.2, 0.25) is 0 Å². The minimum absolute atomic E-state index is 0.0685. The summed E-state index contributed by atoms with van der Waals surface area (Å²) >= 11 is 0. The summed E-state index contributed by atoms with van der Waals surface area (Å²) in [7, 11) is 0. The normalized spacial score (nSPS) is 22.2. The quantitative estimate of drug-likeness (QED) is 0.738. The molecule has 0 bridgehead atoms. The van der Waals surface area contributed by atoms with E-state index >= 15 is 0 Å². The fraction of sp³-hybridized carbons (Fsp3) is 0.538. The van der Waals surface area contributed by atoms with Crippen molar-refractivity contribution in [3.63, 3.8) is 0 Å². The molecule has 2 unspecified atom stereocenters. The molecule has 1 aliphatic carbocycles. The van der Waals surface area contributed by atoms with Gasteiger partial charge in [-0.25, -0.2) is 14.8 Å². The molecule has 7 heteroatoms. The number of aliphatic hydroxyl groups excluding tert-OH is 1. The highest BCUT2D eigenvalue weighted by Crippen LogP contribution is 2.23. The van der Waals surface area contributed by atoms with Crippen LogP contribution in [-0.4, -0.2) is 44.7 Å². The van der Waals surface area contributed by atoms with Gasteiger partial charge in [-0.2, -0.15) is 0 Å². The summed E-state index contributed by atoms with van der Waals surface area (Å²) in [6, 6.07) is 0. The molecule has 1 aromatic rings. The molecule has 108 valence electrons. The molecule has 1 aliphatic rings. The summed E-state index contributed by atoms with van der Waals surface area (Å²) < 4.78 is 0. The maximum atomic E-state index is 11.8. The number of hydrogen-bond donors (Lipinski definition) is 3. The van der Waals surface area contributed by atoms with E-state index in [1.165, 1.54) is 0 Å². The lowest BCUT2D eigenvalue weighted by atomic mass is 9.86. The molecule has 0 saturated heterocycles. The molecule has 0 aliphatic heterocycles. The second-order valence-corrected chi connectivity index (χ2v) is 4.91. The number of aromatic nitrogens is 2. The Bertz CT molecular complexity index is 489. The number of nitrogens with zero attached hydrogens (tertiary/aromatic N) is 2. The Hall–Kier alpha value is -2.02. The summed E-state index contributed by atoms with van der Waals surface area (Å²) in [5.74, 6) is -1.53. The fourth-order valence-electron chi connectivity index (χ4n) is 2.30. The van der Waals surface area contributed by atoms with Gasteiger partial charge in [0.05, 0.1) is 18.5 Å². The van der Waals surface area contributed by atoms with E-state index in [0.717, 1.165) is 38.1 Å². The van der Waals surface area contributed by atoms with Crippen molar-refractivity contribution in [1.82, 2.24) is 15.3 Å². The van der Waals surface area contributed by atoms with Crippen molar-refractivity contribution in [3.05, 3.63) is 23.8 Å². The van der Waals surface area contributed by atoms with E-state index in [1.54, 1.807) is 0 Å². The van der Waals surface area contributed by atoms with E-state index in [9.17, 15) is 14.7 Å². The van der Waals surface area contributed by atoms with Gasteiger partial charge < -0.3 is 15.5 Å². The summed E-state index contributed by atoms with van der Waals surface area (Å²) in [5, 5.41) is 21.2. The zero-order valence-electron chi connectivity index (χ0n) is 11.0. The van der Waals surface area contributed by atoms with Crippen LogP contribution in [0.3, 0.4) is 0 Å². The number of carbonyl (C=O) groups excluding carboxylic acids is 1. The van der Waals surface area contributed by atoms with Gasteiger partial charge in [-0.1, -0.05) is 12.8 Å². The summed E-state index contributed by atoms with van der Waals surface area (Å²) in [5.41, 5.74) is -0.135.